The quantitative estimate of drug-likeness (QED) is 0.546. The molecule has 0 aromatic carbocycles. The monoisotopic (exact) mass is 272 g/mol. The van der Waals surface area contributed by atoms with Crippen LogP contribution in [0.5, 0.6) is 0 Å². The summed E-state index contributed by atoms with van der Waals surface area (Å²) in [5.74, 6) is 0. The van der Waals surface area contributed by atoms with E-state index in [2.05, 4.69) is 10.3 Å². The Labute approximate surface area is 110 Å². The summed E-state index contributed by atoms with van der Waals surface area (Å²) in [6.45, 7) is 5.17. The molecule has 0 saturated carbocycles. The van der Waals surface area contributed by atoms with Crippen molar-refractivity contribution >= 4 is 36.0 Å². The van der Waals surface area contributed by atoms with Crippen LogP contribution >= 0.6 is 11.6 Å². The fourth-order valence-corrected chi connectivity index (χ4v) is 1.26. The van der Waals surface area contributed by atoms with Gasteiger partial charge in [0.05, 0.1) is 5.69 Å². The molecule has 1 rings (SSSR count). The van der Waals surface area contributed by atoms with Gasteiger partial charge in [-0.05, 0) is 26.8 Å². The molecule has 3 N–H and O–H groups in total. The van der Waals surface area contributed by atoms with Crippen molar-refractivity contribution in [3.63, 3.8) is 0 Å². The van der Waals surface area contributed by atoms with Gasteiger partial charge in [-0.15, -0.1) is 0 Å². The zero-order valence-electron chi connectivity index (χ0n) is 10.3. The van der Waals surface area contributed by atoms with Crippen LogP contribution in [0.2, 0.25) is 5.15 Å². The lowest BCUT2D eigenvalue weighted by molar-refractivity contribution is 0.0636. The highest BCUT2D eigenvalue weighted by molar-refractivity contribution is 6.58. The second-order valence-corrected chi connectivity index (χ2v) is 4.97. The molecule has 0 fully saturated rings. The van der Waals surface area contributed by atoms with Gasteiger partial charge in [-0.3, -0.25) is 5.32 Å². The fourth-order valence-electron chi connectivity index (χ4n) is 1.11. The van der Waals surface area contributed by atoms with Crippen LogP contribution in [-0.4, -0.2) is 33.8 Å². The lowest BCUT2D eigenvalue weighted by Crippen LogP contribution is -2.31. The predicted molar refractivity (Wildman–Crippen MR) is 68.9 cm³/mol. The van der Waals surface area contributed by atoms with E-state index in [1.807, 2.05) is 0 Å². The first kappa shape index (κ1) is 14.8. The molecule has 1 heterocycles. The normalized spacial score (nSPS) is 11.0. The van der Waals surface area contributed by atoms with E-state index in [9.17, 15) is 4.79 Å². The molecule has 0 saturated heterocycles. The van der Waals surface area contributed by atoms with Gasteiger partial charge in [0.15, 0.2) is 5.15 Å². The van der Waals surface area contributed by atoms with Crippen molar-refractivity contribution in [1.82, 2.24) is 4.98 Å². The number of hydrogen-bond donors (Lipinski definition) is 3. The standard InChI is InChI=1S/C10H14BClN2O4/c1-10(2,3)18-9(15)14-7-4-6(11(16)17)5-13-8(7)12/h4-5,16-17H,1-3H3,(H,14,15). The van der Waals surface area contributed by atoms with Crippen LogP contribution in [0.15, 0.2) is 12.3 Å². The Bertz CT molecular complexity index is 448. The number of anilines is 1. The van der Waals surface area contributed by atoms with Crippen LogP contribution in [-0.2, 0) is 4.74 Å². The summed E-state index contributed by atoms with van der Waals surface area (Å²) in [7, 11) is -1.69. The van der Waals surface area contributed by atoms with Gasteiger partial charge in [0, 0.05) is 11.7 Å². The SMILES string of the molecule is CC(C)(C)OC(=O)Nc1cc(B(O)O)cnc1Cl. The number of rotatable bonds is 2. The van der Waals surface area contributed by atoms with Crippen molar-refractivity contribution in [2.24, 2.45) is 0 Å². The highest BCUT2D eigenvalue weighted by Crippen LogP contribution is 2.18. The van der Waals surface area contributed by atoms with Crippen molar-refractivity contribution in [3.8, 4) is 0 Å². The van der Waals surface area contributed by atoms with Gasteiger partial charge in [-0.25, -0.2) is 9.78 Å². The molecule has 0 unspecified atom stereocenters. The number of carbonyl (C=O) groups excluding carboxylic acids is 1. The Morgan fingerprint density at radius 1 is 1.50 bits per heavy atom. The summed E-state index contributed by atoms with van der Waals surface area (Å²) >= 11 is 5.77. The van der Waals surface area contributed by atoms with Gasteiger partial charge in [0.25, 0.3) is 0 Å². The van der Waals surface area contributed by atoms with Gasteiger partial charge < -0.3 is 14.8 Å². The minimum atomic E-state index is -1.69. The molecule has 1 amide bonds. The van der Waals surface area contributed by atoms with Crippen molar-refractivity contribution in [2.45, 2.75) is 26.4 Å². The third-order valence-electron chi connectivity index (χ3n) is 1.79. The molecule has 8 heteroatoms. The number of amides is 1. The molecule has 18 heavy (non-hydrogen) atoms. The molecule has 98 valence electrons. The first-order valence-electron chi connectivity index (χ1n) is 5.20. The van der Waals surface area contributed by atoms with Crippen LogP contribution < -0.4 is 10.8 Å². The fraction of sp³-hybridized carbons (Fsp3) is 0.400. The molecule has 0 bridgehead atoms. The molecule has 0 aliphatic rings. The topological polar surface area (TPSA) is 91.7 Å². The second kappa shape index (κ2) is 5.56. The molecule has 6 nitrogen and oxygen atoms in total. The van der Waals surface area contributed by atoms with Gasteiger partial charge >= 0.3 is 13.2 Å². The van der Waals surface area contributed by atoms with E-state index in [4.69, 9.17) is 26.4 Å². The maximum atomic E-state index is 11.5. The number of aromatic nitrogens is 1. The Morgan fingerprint density at radius 3 is 2.61 bits per heavy atom. The Kier molecular flexibility index (Phi) is 4.56. The highest BCUT2D eigenvalue weighted by Gasteiger charge is 2.19. The summed E-state index contributed by atoms with van der Waals surface area (Å²) in [6.07, 6.45) is 0.503. The third-order valence-corrected chi connectivity index (χ3v) is 2.10. The van der Waals surface area contributed by atoms with E-state index < -0.39 is 18.8 Å². The molecule has 0 atom stereocenters. The average Bonchev–Trinajstić information content (AvgIpc) is 2.18. The zero-order chi connectivity index (χ0) is 13.9. The maximum absolute atomic E-state index is 11.5. The Balaban J connectivity index is 2.84. The predicted octanol–water partition coefficient (Wildman–Crippen LogP) is 0.762. The number of hydrogen-bond acceptors (Lipinski definition) is 5. The van der Waals surface area contributed by atoms with E-state index in [1.165, 1.54) is 12.3 Å². The number of ether oxygens (including phenoxy) is 1. The summed E-state index contributed by atoms with van der Waals surface area (Å²) in [5.41, 5.74) is -0.375. The first-order valence-corrected chi connectivity index (χ1v) is 5.58. The summed E-state index contributed by atoms with van der Waals surface area (Å²) < 4.78 is 5.04. The van der Waals surface area contributed by atoms with E-state index in [0.29, 0.717) is 0 Å². The zero-order valence-corrected chi connectivity index (χ0v) is 11.0. The molecule has 0 aliphatic carbocycles. The summed E-state index contributed by atoms with van der Waals surface area (Å²) in [5, 5.41) is 20.4. The molecule has 0 spiro atoms. The molecular formula is C10H14BClN2O4. The molecule has 0 radical (unpaired) electrons. The lowest BCUT2D eigenvalue weighted by atomic mass is 9.81. The largest absolute Gasteiger partial charge is 0.490 e. The van der Waals surface area contributed by atoms with Crippen LogP contribution in [0.3, 0.4) is 0 Å². The maximum Gasteiger partial charge on any atom is 0.490 e. The second-order valence-electron chi connectivity index (χ2n) is 4.61. The van der Waals surface area contributed by atoms with Crippen LogP contribution in [0.4, 0.5) is 10.5 Å². The minimum Gasteiger partial charge on any atom is -0.444 e. The van der Waals surface area contributed by atoms with Gasteiger partial charge in [-0.1, -0.05) is 11.6 Å². The van der Waals surface area contributed by atoms with Gasteiger partial charge in [0.1, 0.15) is 5.60 Å². The summed E-state index contributed by atoms with van der Waals surface area (Å²) in [4.78, 5) is 15.2. The number of pyridine rings is 1. The first-order chi connectivity index (χ1) is 8.19. The van der Waals surface area contributed by atoms with Crippen molar-refractivity contribution in [1.29, 1.82) is 0 Å². The van der Waals surface area contributed by atoms with Crippen molar-refractivity contribution in [3.05, 3.63) is 17.4 Å². The Morgan fingerprint density at radius 2 is 2.11 bits per heavy atom. The molecule has 1 aromatic heterocycles. The van der Waals surface area contributed by atoms with Gasteiger partial charge in [-0.2, -0.15) is 0 Å². The van der Waals surface area contributed by atoms with Crippen LogP contribution in [0, 0.1) is 0 Å². The van der Waals surface area contributed by atoms with Crippen molar-refractivity contribution in [2.75, 3.05) is 5.32 Å². The smallest absolute Gasteiger partial charge is 0.444 e. The van der Waals surface area contributed by atoms with Gasteiger partial charge in [0.2, 0.25) is 0 Å². The van der Waals surface area contributed by atoms with Crippen LogP contribution in [0.25, 0.3) is 0 Å². The average molecular weight is 272 g/mol. The molecular weight excluding hydrogens is 258 g/mol. The highest BCUT2D eigenvalue weighted by atomic mass is 35.5. The molecule has 1 aromatic rings. The van der Waals surface area contributed by atoms with Crippen LogP contribution in [0.1, 0.15) is 20.8 Å². The van der Waals surface area contributed by atoms with E-state index in [-0.39, 0.29) is 16.3 Å². The lowest BCUT2D eigenvalue weighted by Gasteiger charge is -2.20. The summed E-state index contributed by atoms with van der Waals surface area (Å²) in [6, 6.07) is 1.31. The number of carbonyl (C=O) groups is 1. The third kappa shape index (κ3) is 4.52. The number of nitrogens with zero attached hydrogens (tertiary/aromatic N) is 1. The number of halogens is 1. The number of nitrogens with one attached hydrogen (secondary N) is 1. The minimum absolute atomic E-state index is 0.0326. The molecule has 0 aliphatic heterocycles. The van der Waals surface area contributed by atoms with E-state index >= 15 is 0 Å². The van der Waals surface area contributed by atoms with E-state index in [0.717, 1.165) is 0 Å². The Hall–Kier alpha value is -1.31. The van der Waals surface area contributed by atoms with E-state index in [1.54, 1.807) is 20.8 Å². The van der Waals surface area contributed by atoms with Crippen molar-refractivity contribution < 1.29 is 19.6 Å².